The zero-order chi connectivity index (χ0) is 20.2. The van der Waals surface area contributed by atoms with Crippen molar-refractivity contribution in [3.05, 3.63) is 82.3 Å². The quantitative estimate of drug-likeness (QED) is 0.286. The highest BCUT2D eigenvalue weighted by Crippen LogP contribution is 2.21. The molecule has 0 radical (unpaired) electrons. The van der Waals surface area contributed by atoms with Gasteiger partial charge in [0.05, 0.1) is 35.2 Å². The lowest BCUT2D eigenvalue weighted by Crippen LogP contribution is -2.24. The Balaban J connectivity index is 1.61. The summed E-state index contributed by atoms with van der Waals surface area (Å²) in [5.41, 5.74) is 0.816. The summed E-state index contributed by atoms with van der Waals surface area (Å²) in [7, 11) is 0. The lowest BCUT2D eigenvalue weighted by atomic mass is 10.2. The second-order valence-corrected chi connectivity index (χ2v) is 7.36. The third kappa shape index (κ3) is 4.33. The van der Waals surface area contributed by atoms with Crippen LogP contribution in [0.3, 0.4) is 0 Å². The van der Waals surface area contributed by atoms with Crippen LogP contribution in [0.4, 0.5) is 5.69 Å². The molecule has 0 fully saturated rings. The molecule has 0 spiro atoms. The van der Waals surface area contributed by atoms with E-state index in [0.717, 1.165) is 0 Å². The van der Waals surface area contributed by atoms with Crippen molar-refractivity contribution in [3.8, 4) is 0 Å². The van der Waals surface area contributed by atoms with Gasteiger partial charge in [0.25, 0.3) is 5.56 Å². The molecule has 29 heavy (non-hydrogen) atoms. The van der Waals surface area contributed by atoms with Crippen LogP contribution in [-0.2, 0) is 11.3 Å². The normalized spacial score (nSPS) is 10.9. The SMILES string of the molecule is O=C(CSc1nc2ccccc2c(=O)n1Cc1ccco1)Nc1cccnc1Cl. The standard InChI is InChI=1S/C20H15ClN4O3S/c21-18-16(8-3-9-22-18)23-17(26)12-29-20-24-15-7-2-1-6-14(15)19(27)25(20)11-13-5-4-10-28-13/h1-10H,11-12H2,(H,23,26). The highest BCUT2D eigenvalue weighted by Gasteiger charge is 2.15. The van der Waals surface area contributed by atoms with Crippen molar-refractivity contribution in [2.45, 2.75) is 11.7 Å². The molecule has 1 N–H and O–H groups in total. The Morgan fingerprint density at radius 2 is 2.03 bits per heavy atom. The number of fused-ring (bicyclic) bond motifs is 1. The van der Waals surface area contributed by atoms with Crippen LogP contribution in [0.2, 0.25) is 5.15 Å². The molecule has 3 aromatic heterocycles. The van der Waals surface area contributed by atoms with Gasteiger partial charge in [-0.2, -0.15) is 0 Å². The van der Waals surface area contributed by atoms with Crippen molar-refractivity contribution >= 4 is 45.9 Å². The van der Waals surface area contributed by atoms with Gasteiger partial charge in [0.1, 0.15) is 5.76 Å². The van der Waals surface area contributed by atoms with Crippen LogP contribution in [0.5, 0.6) is 0 Å². The molecule has 0 saturated carbocycles. The van der Waals surface area contributed by atoms with Gasteiger partial charge < -0.3 is 9.73 Å². The number of halogens is 1. The molecule has 0 atom stereocenters. The minimum absolute atomic E-state index is 0.0498. The number of furan rings is 1. The summed E-state index contributed by atoms with van der Waals surface area (Å²) in [6.07, 6.45) is 3.09. The topological polar surface area (TPSA) is 90.0 Å². The number of thioether (sulfide) groups is 1. The summed E-state index contributed by atoms with van der Waals surface area (Å²) < 4.78 is 6.89. The van der Waals surface area contributed by atoms with Crippen LogP contribution in [-0.4, -0.2) is 26.2 Å². The van der Waals surface area contributed by atoms with Gasteiger partial charge in [-0.15, -0.1) is 0 Å². The summed E-state index contributed by atoms with van der Waals surface area (Å²) >= 11 is 7.14. The Bertz CT molecular complexity index is 1220. The summed E-state index contributed by atoms with van der Waals surface area (Å²) in [6.45, 7) is 0.224. The van der Waals surface area contributed by atoms with Crippen molar-refractivity contribution in [3.63, 3.8) is 0 Å². The van der Waals surface area contributed by atoms with Crippen LogP contribution in [0, 0.1) is 0 Å². The molecule has 1 amide bonds. The first-order valence-corrected chi connectivity index (χ1v) is 10.0. The Morgan fingerprint density at radius 1 is 1.17 bits per heavy atom. The molecule has 1 aromatic carbocycles. The van der Waals surface area contributed by atoms with Crippen LogP contribution >= 0.6 is 23.4 Å². The van der Waals surface area contributed by atoms with Crippen LogP contribution in [0.15, 0.2) is 75.4 Å². The number of benzene rings is 1. The second-order valence-electron chi connectivity index (χ2n) is 6.06. The van der Waals surface area contributed by atoms with Crippen molar-refractivity contribution in [1.82, 2.24) is 14.5 Å². The van der Waals surface area contributed by atoms with E-state index >= 15 is 0 Å². The van der Waals surface area contributed by atoms with Crippen molar-refractivity contribution in [1.29, 1.82) is 0 Å². The van der Waals surface area contributed by atoms with E-state index in [4.69, 9.17) is 16.0 Å². The summed E-state index contributed by atoms with van der Waals surface area (Å²) in [5, 5.41) is 3.86. The van der Waals surface area contributed by atoms with Crippen molar-refractivity contribution in [2.24, 2.45) is 0 Å². The third-order valence-electron chi connectivity index (χ3n) is 4.09. The van der Waals surface area contributed by atoms with E-state index in [-0.39, 0.29) is 28.9 Å². The van der Waals surface area contributed by atoms with Gasteiger partial charge in [0, 0.05) is 6.20 Å². The van der Waals surface area contributed by atoms with Crippen LogP contribution < -0.4 is 10.9 Å². The van der Waals surface area contributed by atoms with E-state index in [1.807, 2.05) is 6.07 Å². The molecule has 7 nitrogen and oxygen atoms in total. The monoisotopic (exact) mass is 426 g/mol. The molecule has 4 aromatic rings. The number of carbonyl (C=O) groups is 1. The fourth-order valence-electron chi connectivity index (χ4n) is 2.75. The van der Waals surface area contributed by atoms with E-state index in [9.17, 15) is 9.59 Å². The zero-order valence-corrected chi connectivity index (χ0v) is 16.6. The maximum Gasteiger partial charge on any atom is 0.262 e. The predicted octanol–water partition coefficient (Wildman–Crippen LogP) is 3.82. The first-order valence-electron chi connectivity index (χ1n) is 8.67. The van der Waals surface area contributed by atoms with Crippen LogP contribution in [0.1, 0.15) is 5.76 Å². The molecule has 0 saturated heterocycles. The summed E-state index contributed by atoms with van der Waals surface area (Å²) in [5.74, 6) is 0.392. The number of hydrogen-bond acceptors (Lipinski definition) is 6. The average Bonchev–Trinajstić information content (AvgIpc) is 3.24. The lowest BCUT2D eigenvalue weighted by Gasteiger charge is -2.12. The lowest BCUT2D eigenvalue weighted by molar-refractivity contribution is -0.113. The van der Waals surface area contributed by atoms with Crippen molar-refractivity contribution in [2.75, 3.05) is 11.1 Å². The molecule has 0 aliphatic rings. The molecule has 3 heterocycles. The van der Waals surface area contributed by atoms with Gasteiger partial charge in [0.15, 0.2) is 10.3 Å². The fraction of sp³-hybridized carbons (Fsp3) is 0.100. The third-order valence-corrected chi connectivity index (χ3v) is 5.36. The predicted molar refractivity (Wildman–Crippen MR) is 112 cm³/mol. The molecule has 0 bridgehead atoms. The zero-order valence-electron chi connectivity index (χ0n) is 15.0. The smallest absolute Gasteiger partial charge is 0.262 e. The highest BCUT2D eigenvalue weighted by atomic mass is 35.5. The number of hydrogen-bond donors (Lipinski definition) is 1. The van der Waals surface area contributed by atoms with E-state index in [2.05, 4.69) is 15.3 Å². The minimum Gasteiger partial charge on any atom is -0.467 e. The van der Waals surface area contributed by atoms with Crippen molar-refractivity contribution < 1.29 is 9.21 Å². The maximum atomic E-state index is 13.0. The second kappa shape index (κ2) is 8.50. The number of nitrogens with zero attached hydrogens (tertiary/aromatic N) is 3. The first kappa shape index (κ1) is 19.2. The number of pyridine rings is 1. The van der Waals surface area contributed by atoms with Gasteiger partial charge >= 0.3 is 0 Å². The van der Waals surface area contributed by atoms with Gasteiger partial charge in [-0.25, -0.2) is 9.97 Å². The van der Waals surface area contributed by atoms with E-state index in [1.54, 1.807) is 54.9 Å². The number of para-hydroxylation sites is 1. The Hall–Kier alpha value is -3.10. The van der Waals surface area contributed by atoms with Gasteiger partial charge in [0.2, 0.25) is 5.91 Å². The summed E-state index contributed by atoms with van der Waals surface area (Å²) in [6, 6.07) is 14.0. The molecule has 4 rings (SSSR count). The van der Waals surface area contributed by atoms with Gasteiger partial charge in [-0.3, -0.25) is 14.2 Å². The maximum absolute atomic E-state index is 13.0. The number of rotatable bonds is 6. The van der Waals surface area contributed by atoms with Crippen LogP contribution in [0.25, 0.3) is 10.9 Å². The molecule has 0 unspecified atom stereocenters. The van der Waals surface area contributed by atoms with Gasteiger partial charge in [-0.1, -0.05) is 35.5 Å². The molecule has 0 aliphatic heterocycles. The highest BCUT2D eigenvalue weighted by molar-refractivity contribution is 7.99. The number of aromatic nitrogens is 3. The Labute approximate surface area is 174 Å². The molecular formula is C20H15ClN4O3S. The Morgan fingerprint density at radius 3 is 2.83 bits per heavy atom. The molecule has 9 heteroatoms. The average molecular weight is 427 g/mol. The largest absolute Gasteiger partial charge is 0.467 e. The molecular weight excluding hydrogens is 412 g/mol. The van der Waals surface area contributed by atoms with E-state index in [1.165, 1.54) is 16.3 Å². The Kier molecular flexibility index (Phi) is 5.64. The number of nitrogens with one attached hydrogen (secondary N) is 1. The number of carbonyl (C=O) groups excluding carboxylic acids is 1. The first-order chi connectivity index (χ1) is 14.1. The number of anilines is 1. The molecule has 0 aliphatic carbocycles. The minimum atomic E-state index is -0.281. The molecule has 146 valence electrons. The van der Waals surface area contributed by atoms with Gasteiger partial charge in [-0.05, 0) is 36.4 Å². The van der Waals surface area contributed by atoms with E-state index < -0.39 is 0 Å². The fourth-order valence-corrected chi connectivity index (χ4v) is 3.72. The summed E-state index contributed by atoms with van der Waals surface area (Å²) in [4.78, 5) is 33.9. The van der Waals surface area contributed by atoms with E-state index in [0.29, 0.717) is 27.5 Å². The number of amides is 1.